The molecule has 1 atom stereocenters. The van der Waals surface area contributed by atoms with Crippen LogP contribution in [0.5, 0.6) is 0 Å². The topological polar surface area (TPSA) is 82.3 Å². The van der Waals surface area contributed by atoms with Gasteiger partial charge >= 0.3 is 0 Å². The van der Waals surface area contributed by atoms with E-state index in [1.165, 1.54) is 0 Å². The van der Waals surface area contributed by atoms with Crippen LogP contribution in [0.2, 0.25) is 0 Å². The van der Waals surface area contributed by atoms with Gasteiger partial charge in [-0.25, -0.2) is 8.42 Å². The zero-order chi connectivity index (χ0) is 21.9. The van der Waals surface area contributed by atoms with E-state index in [1.54, 1.807) is 13.8 Å². The number of anilines is 1. The fourth-order valence-corrected chi connectivity index (χ4v) is 4.21. The van der Waals surface area contributed by atoms with Gasteiger partial charge in [0.1, 0.15) is 5.75 Å². The highest BCUT2D eigenvalue weighted by Crippen LogP contribution is 2.31. The number of hydrogen-bond acceptors (Lipinski definition) is 4. The van der Waals surface area contributed by atoms with Crippen LogP contribution in [0.3, 0.4) is 0 Å². The predicted molar refractivity (Wildman–Crippen MR) is 123 cm³/mol. The summed E-state index contributed by atoms with van der Waals surface area (Å²) in [6, 6.07) is 16.2. The summed E-state index contributed by atoms with van der Waals surface area (Å²) in [5, 5.41) is 3.35. The van der Waals surface area contributed by atoms with Crippen molar-refractivity contribution in [2.24, 2.45) is 0 Å². The zero-order valence-corrected chi connectivity index (χ0v) is 18.7. The molecule has 0 fully saturated rings. The van der Waals surface area contributed by atoms with Gasteiger partial charge in [-0.2, -0.15) is 0 Å². The smallest absolute Gasteiger partial charge is 0.235 e. The zero-order valence-electron chi connectivity index (χ0n) is 17.8. The third-order valence-corrected chi connectivity index (χ3v) is 7.46. The Bertz CT molecular complexity index is 1120. The normalized spacial score (nSPS) is 12.8. The molecule has 0 aliphatic rings. The van der Waals surface area contributed by atoms with Gasteiger partial charge in [0.2, 0.25) is 5.91 Å². The van der Waals surface area contributed by atoms with Crippen LogP contribution in [-0.2, 0) is 14.6 Å². The molecule has 1 aromatic heterocycles. The van der Waals surface area contributed by atoms with E-state index in [0.717, 1.165) is 27.7 Å². The van der Waals surface area contributed by atoms with Crippen molar-refractivity contribution in [3.05, 3.63) is 65.9 Å². The first-order chi connectivity index (χ1) is 14.2. The van der Waals surface area contributed by atoms with Crippen molar-refractivity contribution in [2.75, 3.05) is 31.3 Å². The Morgan fingerprint density at radius 2 is 1.73 bits per heavy atom. The van der Waals surface area contributed by atoms with Crippen molar-refractivity contribution >= 4 is 32.3 Å². The van der Waals surface area contributed by atoms with Gasteiger partial charge in [0.15, 0.2) is 9.84 Å². The lowest BCUT2D eigenvalue weighted by Gasteiger charge is -2.20. The standard InChI is InChI=1S/C23H29N3O3S/c1-16(2)30(28,29)15-23(27)25-13-20(17-9-11-18(12-10-17)26(3)4)21-14-24-22-8-6-5-7-19(21)22/h5-12,14,16,20,24H,13,15H2,1-4H3,(H,25,27). The quantitative estimate of drug-likeness (QED) is 0.578. The number of sulfone groups is 1. The summed E-state index contributed by atoms with van der Waals surface area (Å²) in [7, 11) is 0.538. The number of benzene rings is 2. The summed E-state index contributed by atoms with van der Waals surface area (Å²) in [6.45, 7) is 3.49. The number of carbonyl (C=O) groups is 1. The lowest BCUT2D eigenvalue weighted by molar-refractivity contribution is -0.118. The summed E-state index contributed by atoms with van der Waals surface area (Å²) in [4.78, 5) is 17.7. The molecular formula is C23H29N3O3S. The van der Waals surface area contributed by atoms with Gasteiger partial charge < -0.3 is 15.2 Å². The number of para-hydroxylation sites is 1. The molecule has 1 heterocycles. The minimum atomic E-state index is -3.44. The van der Waals surface area contributed by atoms with Crippen LogP contribution in [-0.4, -0.2) is 51.0 Å². The SMILES string of the molecule is CC(C)S(=O)(=O)CC(=O)NCC(c1ccc(N(C)C)cc1)c1c[nH]c2ccccc12. The van der Waals surface area contributed by atoms with E-state index in [1.807, 2.05) is 61.6 Å². The second-order valence-corrected chi connectivity index (χ2v) is 10.5. The molecule has 0 saturated heterocycles. The Morgan fingerprint density at radius 1 is 1.07 bits per heavy atom. The Labute approximate surface area is 178 Å². The van der Waals surface area contributed by atoms with Crippen molar-refractivity contribution in [1.29, 1.82) is 0 Å². The minimum Gasteiger partial charge on any atom is -0.378 e. The number of amides is 1. The molecule has 0 aliphatic carbocycles. The Kier molecular flexibility index (Phi) is 6.51. The van der Waals surface area contributed by atoms with Crippen LogP contribution in [0.1, 0.15) is 30.9 Å². The number of fused-ring (bicyclic) bond motifs is 1. The Balaban J connectivity index is 1.89. The van der Waals surface area contributed by atoms with Gasteiger partial charge in [0.25, 0.3) is 0 Å². The first kappa shape index (κ1) is 21.9. The van der Waals surface area contributed by atoms with Gasteiger partial charge in [-0.05, 0) is 43.2 Å². The van der Waals surface area contributed by atoms with E-state index >= 15 is 0 Å². The van der Waals surface area contributed by atoms with Crippen LogP contribution in [0.4, 0.5) is 5.69 Å². The first-order valence-corrected chi connectivity index (χ1v) is 11.7. The summed E-state index contributed by atoms with van der Waals surface area (Å²) < 4.78 is 24.2. The van der Waals surface area contributed by atoms with Gasteiger partial charge in [-0.15, -0.1) is 0 Å². The van der Waals surface area contributed by atoms with E-state index in [4.69, 9.17) is 0 Å². The second kappa shape index (κ2) is 8.92. The molecular weight excluding hydrogens is 398 g/mol. The van der Waals surface area contributed by atoms with Gasteiger partial charge in [-0.3, -0.25) is 4.79 Å². The van der Waals surface area contributed by atoms with Crippen molar-refractivity contribution in [1.82, 2.24) is 10.3 Å². The first-order valence-electron chi connectivity index (χ1n) is 10.0. The van der Waals surface area contributed by atoms with Gasteiger partial charge in [0, 0.05) is 49.3 Å². The number of aromatic nitrogens is 1. The van der Waals surface area contributed by atoms with Gasteiger partial charge in [0.05, 0.1) is 5.25 Å². The maximum Gasteiger partial charge on any atom is 0.235 e. The molecule has 3 aromatic rings. The van der Waals surface area contributed by atoms with Crippen LogP contribution in [0, 0.1) is 0 Å². The number of hydrogen-bond donors (Lipinski definition) is 2. The lowest BCUT2D eigenvalue weighted by atomic mass is 9.90. The Morgan fingerprint density at radius 3 is 2.37 bits per heavy atom. The third kappa shape index (κ3) is 4.84. The molecule has 7 heteroatoms. The summed E-state index contributed by atoms with van der Waals surface area (Å²) in [5.74, 6) is -1.08. The van der Waals surface area contributed by atoms with Crippen molar-refractivity contribution in [3.63, 3.8) is 0 Å². The average Bonchev–Trinajstić information content (AvgIpc) is 3.12. The molecule has 1 unspecified atom stereocenters. The molecule has 0 spiro atoms. The molecule has 0 radical (unpaired) electrons. The number of nitrogens with zero attached hydrogens (tertiary/aromatic N) is 1. The van der Waals surface area contributed by atoms with Crippen LogP contribution < -0.4 is 10.2 Å². The third-order valence-electron chi connectivity index (χ3n) is 5.36. The monoisotopic (exact) mass is 427 g/mol. The predicted octanol–water partition coefficient (Wildman–Crippen LogP) is 3.31. The molecule has 1 amide bonds. The fourth-order valence-electron chi connectivity index (χ4n) is 3.41. The molecule has 0 aliphatic heterocycles. The second-order valence-electron chi connectivity index (χ2n) is 7.99. The maximum absolute atomic E-state index is 12.4. The van der Waals surface area contributed by atoms with Gasteiger partial charge in [-0.1, -0.05) is 30.3 Å². The van der Waals surface area contributed by atoms with E-state index < -0.39 is 26.7 Å². The van der Waals surface area contributed by atoms with Crippen LogP contribution in [0.15, 0.2) is 54.7 Å². The van der Waals surface area contributed by atoms with E-state index in [-0.39, 0.29) is 5.92 Å². The fraction of sp³-hybridized carbons (Fsp3) is 0.348. The maximum atomic E-state index is 12.4. The van der Waals surface area contributed by atoms with Crippen molar-refractivity contribution in [2.45, 2.75) is 25.0 Å². The highest BCUT2D eigenvalue weighted by Gasteiger charge is 2.23. The van der Waals surface area contributed by atoms with E-state index in [9.17, 15) is 13.2 Å². The molecule has 2 aromatic carbocycles. The minimum absolute atomic E-state index is 0.108. The van der Waals surface area contributed by atoms with Crippen LogP contribution in [0.25, 0.3) is 10.9 Å². The average molecular weight is 428 g/mol. The number of H-pyrrole nitrogens is 1. The summed E-state index contributed by atoms with van der Waals surface area (Å²) >= 11 is 0. The van der Waals surface area contributed by atoms with E-state index in [2.05, 4.69) is 22.4 Å². The summed E-state index contributed by atoms with van der Waals surface area (Å²) in [6.07, 6.45) is 1.96. The Hall–Kier alpha value is -2.80. The number of nitrogens with one attached hydrogen (secondary N) is 2. The molecule has 0 bridgehead atoms. The highest BCUT2D eigenvalue weighted by atomic mass is 32.2. The number of aromatic amines is 1. The van der Waals surface area contributed by atoms with E-state index in [0.29, 0.717) is 6.54 Å². The highest BCUT2D eigenvalue weighted by molar-refractivity contribution is 7.92. The summed E-state index contributed by atoms with van der Waals surface area (Å²) in [5.41, 5.74) is 4.23. The molecule has 160 valence electrons. The molecule has 30 heavy (non-hydrogen) atoms. The molecule has 2 N–H and O–H groups in total. The molecule has 6 nitrogen and oxygen atoms in total. The van der Waals surface area contributed by atoms with Crippen molar-refractivity contribution in [3.8, 4) is 0 Å². The lowest BCUT2D eigenvalue weighted by Crippen LogP contribution is -2.35. The van der Waals surface area contributed by atoms with Crippen molar-refractivity contribution < 1.29 is 13.2 Å². The largest absolute Gasteiger partial charge is 0.378 e. The number of rotatable bonds is 8. The van der Waals surface area contributed by atoms with Crippen LogP contribution >= 0.6 is 0 Å². The molecule has 3 rings (SSSR count). The number of carbonyl (C=O) groups excluding carboxylic acids is 1. The molecule has 0 saturated carbocycles.